The quantitative estimate of drug-likeness (QED) is 0.128. The van der Waals surface area contributed by atoms with Gasteiger partial charge in [0.05, 0.1) is 11.4 Å². The third kappa shape index (κ3) is 6.31. The Bertz CT molecular complexity index is 1900. The minimum atomic E-state index is 0.975. The van der Waals surface area contributed by atoms with E-state index >= 15 is 0 Å². The van der Waals surface area contributed by atoms with Crippen molar-refractivity contribution in [2.45, 2.75) is 52.6 Å². The molecule has 0 spiro atoms. The fourth-order valence-electron chi connectivity index (χ4n) is 6.97. The highest BCUT2D eigenvalue weighted by Gasteiger charge is 2.22. The van der Waals surface area contributed by atoms with E-state index in [2.05, 4.69) is 181 Å². The molecule has 2 heterocycles. The van der Waals surface area contributed by atoms with Gasteiger partial charge < -0.3 is 9.13 Å². The summed E-state index contributed by atoms with van der Waals surface area (Å²) in [6.45, 7) is 6.51. The summed E-state index contributed by atoms with van der Waals surface area (Å²) in [4.78, 5) is 0. The minimum absolute atomic E-state index is 0.975. The van der Waals surface area contributed by atoms with E-state index < -0.39 is 0 Å². The molecule has 0 saturated carbocycles. The van der Waals surface area contributed by atoms with Crippen molar-refractivity contribution < 1.29 is 0 Å². The topological polar surface area (TPSA) is 9.86 Å². The zero-order valence-electron chi connectivity index (χ0n) is 28.1. The van der Waals surface area contributed by atoms with Gasteiger partial charge in [-0.05, 0) is 58.4 Å². The number of benzene rings is 5. The smallest absolute Gasteiger partial charge is 0.0564 e. The van der Waals surface area contributed by atoms with E-state index in [1.54, 1.807) is 0 Å². The van der Waals surface area contributed by atoms with E-state index in [1.807, 2.05) is 0 Å². The van der Waals surface area contributed by atoms with Crippen molar-refractivity contribution in [3.63, 3.8) is 0 Å². The van der Waals surface area contributed by atoms with Crippen LogP contribution in [0.1, 0.15) is 39.5 Å². The lowest BCUT2D eigenvalue weighted by atomic mass is 9.97. The van der Waals surface area contributed by atoms with Crippen molar-refractivity contribution >= 4 is 0 Å². The molecule has 2 heteroatoms. The van der Waals surface area contributed by atoms with Gasteiger partial charge >= 0.3 is 0 Å². The summed E-state index contributed by atoms with van der Waals surface area (Å²) in [7, 11) is 0. The second-order valence-electron chi connectivity index (χ2n) is 12.6. The van der Waals surface area contributed by atoms with Gasteiger partial charge in [-0.1, -0.05) is 172 Å². The van der Waals surface area contributed by atoms with Gasteiger partial charge in [0.2, 0.25) is 0 Å². The van der Waals surface area contributed by atoms with Crippen LogP contribution >= 0.6 is 0 Å². The molecule has 0 fully saturated rings. The maximum atomic E-state index is 2.56. The first-order chi connectivity index (χ1) is 23.8. The number of rotatable bonds is 12. The number of hydrogen-bond acceptors (Lipinski definition) is 0. The zero-order chi connectivity index (χ0) is 32.7. The first kappa shape index (κ1) is 31.3. The van der Waals surface area contributed by atoms with Gasteiger partial charge in [0.25, 0.3) is 0 Å². The SMILES string of the molecule is CCCCn1c(-c2ccccc2)cc(-c2ccccc2)c1-c1ccc(-c2c(-c3ccccc3)cc(-c3ccccc3)n2CCCC)cc1. The summed E-state index contributed by atoms with van der Waals surface area (Å²) in [6.07, 6.45) is 4.54. The fraction of sp³-hybridized carbons (Fsp3) is 0.174. The molecule has 48 heavy (non-hydrogen) atoms. The molecule has 0 saturated heterocycles. The lowest BCUT2D eigenvalue weighted by Crippen LogP contribution is -2.04. The van der Waals surface area contributed by atoms with Gasteiger partial charge in [0.1, 0.15) is 0 Å². The Balaban J connectivity index is 1.42. The summed E-state index contributed by atoms with van der Waals surface area (Å²) in [6, 6.07) is 57.7. The maximum Gasteiger partial charge on any atom is 0.0564 e. The fourth-order valence-corrected chi connectivity index (χ4v) is 6.97. The monoisotopic (exact) mass is 624 g/mol. The summed E-state index contributed by atoms with van der Waals surface area (Å²) in [5.74, 6) is 0. The molecule has 0 aliphatic heterocycles. The molecule has 238 valence electrons. The van der Waals surface area contributed by atoms with Gasteiger partial charge in [-0.2, -0.15) is 0 Å². The average molecular weight is 625 g/mol. The van der Waals surface area contributed by atoms with Crippen LogP contribution in [0, 0.1) is 0 Å². The summed E-state index contributed by atoms with van der Waals surface area (Å²) >= 11 is 0. The van der Waals surface area contributed by atoms with Crippen molar-refractivity contribution in [2.75, 3.05) is 0 Å². The molecule has 7 aromatic rings. The van der Waals surface area contributed by atoms with Crippen LogP contribution in [-0.2, 0) is 13.1 Å². The Morgan fingerprint density at radius 1 is 0.354 bits per heavy atom. The lowest BCUT2D eigenvalue weighted by molar-refractivity contribution is 0.644. The third-order valence-electron chi connectivity index (χ3n) is 9.40. The molecule has 0 radical (unpaired) electrons. The highest BCUT2D eigenvalue weighted by Crippen LogP contribution is 2.43. The predicted molar refractivity (Wildman–Crippen MR) is 205 cm³/mol. The molecule has 0 bridgehead atoms. The Hall–Kier alpha value is -5.34. The molecule has 5 aromatic carbocycles. The molecule has 0 aliphatic rings. The molecule has 0 N–H and O–H groups in total. The zero-order valence-corrected chi connectivity index (χ0v) is 28.1. The van der Waals surface area contributed by atoms with E-state index in [9.17, 15) is 0 Å². The lowest BCUT2D eigenvalue weighted by Gasteiger charge is -2.17. The minimum Gasteiger partial charge on any atom is -0.340 e. The highest BCUT2D eigenvalue weighted by molar-refractivity contribution is 5.90. The first-order valence-corrected chi connectivity index (χ1v) is 17.6. The Kier molecular flexibility index (Phi) is 9.52. The van der Waals surface area contributed by atoms with Crippen LogP contribution in [0.15, 0.2) is 158 Å². The van der Waals surface area contributed by atoms with Gasteiger partial charge in [-0.25, -0.2) is 0 Å². The maximum absolute atomic E-state index is 2.56. The summed E-state index contributed by atoms with van der Waals surface area (Å²) in [5.41, 5.74) is 15.2. The molecular formula is C46H44N2. The van der Waals surface area contributed by atoms with Crippen LogP contribution in [0.4, 0.5) is 0 Å². The Morgan fingerprint density at radius 2 is 0.667 bits per heavy atom. The molecule has 0 unspecified atom stereocenters. The molecule has 0 amide bonds. The van der Waals surface area contributed by atoms with Gasteiger partial charge in [0, 0.05) is 35.6 Å². The van der Waals surface area contributed by atoms with Crippen LogP contribution in [-0.4, -0.2) is 9.13 Å². The van der Waals surface area contributed by atoms with Crippen LogP contribution in [0.5, 0.6) is 0 Å². The average Bonchev–Trinajstić information content (AvgIpc) is 3.74. The molecule has 2 nitrogen and oxygen atoms in total. The van der Waals surface area contributed by atoms with Gasteiger partial charge in [-0.15, -0.1) is 0 Å². The van der Waals surface area contributed by atoms with Gasteiger partial charge in [-0.3, -0.25) is 0 Å². The standard InChI is InChI=1S/C46H44N2/c1-3-5-31-47-43(37-23-15-9-16-24-37)33-41(35-19-11-7-12-20-35)45(47)39-27-29-40(30-28-39)46-42(36-21-13-8-14-22-36)34-44(48(46)32-6-4-2)38-25-17-10-18-26-38/h7-30,33-34H,3-6,31-32H2,1-2H3. The summed E-state index contributed by atoms with van der Waals surface area (Å²) < 4.78 is 5.12. The molecule has 0 aliphatic carbocycles. The van der Waals surface area contributed by atoms with Crippen molar-refractivity contribution in [3.05, 3.63) is 158 Å². The van der Waals surface area contributed by atoms with E-state index in [-0.39, 0.29) is 0 Å². The van der Waals surface area contributed by atoms with Gasteiger partial charge in [0.15, 0.2) is 0 Å². The second kappa shape index (κ2) is 14.6. The number of nitrogens with zero attached hydrogens (tertiary/aromatic N) is 2. The number of unbranched alkanes of at least 4 members (excludes halogenated alkanes) is 2. The molecule has 0 atom stereocenters. The summed E-state index contributed by atoms with van der Waals surface area (Å²) in [5, 5.41) is 0. The van der Waals surface area contributed by atoms with Crippen LogP contribution in [0.3, 0.4) is 0 Å². The number of hydrogen-bond donors (Lipinski definition) is 0. The van der Waals surface area contributed by atoms with Crippen molar-refractivity contribution in [2.24, 2.45) is 0 Å². The van der Waals surface area contributed by atoms with E-state index in [1.165, 1.54) is 67.3 Å². The van der Waals surface area contributed by atoms with Crippen LogP contribution in [0.2, 0.25) is 0 Å². The largest absolute Gasteiger partial charge is 0.340 e. The normalized spacial score (nSPS) is 11.2. The Morgan fingerprint density at radius 3 is 0.979 bits per heavy atom. The van der Waals surface area contributed by atoms with E-state index in [4.69, 9.17) is 0 Å². The Labute approximate surface area is 286 Å². The van der Waals surface area contributed by atoms with Crippen molar-refractivity contribution in [1.29, 1.82) is 0 Å². The number of aromatic nitrogens is 2. The molecule has 2 aromatic heterocycles. The highest BCUT2D eigenvalue weighted by atomic mass is 15.0. The molecular weight excluding hydrogens is 581 g/mol. The van der Waals surface area contributed by atoms with Crippen LogP contribution < -0.4 is 0 Å². The first-order valence-electron chi connectivity index (χ1n) is 17.6. The molecule has 7 rings (SSSR count). The van der Waals surface area contributed by atoms with Crippen molar-refractivity contribution in [1.82, 2.24) is 9.13 Å². The predicted octanol–water partition coefficient (Wildman–Crippen LogP) is 12.9. The van der Waals surface area contributed by atoms with Crippen LogP contribution in [0.25, 0.3) is 67.3 Å². The second-order valence-corrected chi connectivity index (χ2v) is 12.6. The van der Waals surface area contributed by atoms with E-state index in [0.29, 0.717) is 0 Å². The van der Waals surface area contributed by atoms with Crippen molar-refractivity contribution in [3.8, 4) is 67.3 Å². The third-order valence-corrected chi connectivity index (χ3v) is 9.40. The van der Waals surface area contributed by atoms with E-state index in [0.717, 1.165) is 38.8 Å².